The Balaban J connectivity index is 1.46. The Morgan fingerprint density at radius 3 is 2.21 bits per heavy atom. The second kappa shape index (κ2) is 11.8. The Kier molecular flexibility index (Phi) is 7.17. The number of rotatable bonds is 6. The fourth-order valence-corrected chi connectivity index (χ4v) is 7.46. The van der Waals surface area contributed by atoms with Crippen molar-refractivity contribution < 1.29 is 0 Å². The van der Waals surface area contributed by atoms with E-state index in [2.05, 4.69) is 140 Å². The third-order valence-corrected chi connectivity index (χ3v) is 9.64. The maximum absolute atomic E-state index is 9.33. The number of hydrogen-bond donors (Lipinski definition) is 0. The van der Waals surface area contributed by atoms with E-state index in [-0.39, 0.29) is 0 Å². The van der Waals surface area contributed by atoms with Crippen molar-refractivity contribution in [3.05, 3.63) is 198 Å². The summed E-state index contributed by atoms with van der Waals surface area (Å²) in [5, 5.41) is 12.7. The van der Waals surface area contributed by atoms with Gasteiger partial charge in [0.05, 0.1) is 28.3 Å². The van der Waals surface area contributed by atoms with Gasteiger partial charge in [-0.05, 0) is 93.2 Å². The van der Waals surface area contributed by atoms with Crippen molar-refractivity contribution in [3.8, 4) is 39.6 Å². The zero-order valence-electron chi connectivity index (χ0n) is 26.7. The van der Waals surface area contributed by atoms with Crippen molar-refractivity contribution in [2.24, 2.45) is 0 Å². The molecule has 1 atom stereocenters. The van der Waals surface area contributed by atoms with Crippen LogP contribution in [0.5, 0.6) is 0 Å². The van der Waals surface area contributed by atoms with E-state index in [1.165, 1.54) is 33.2 Å². The molecule has 1 aliphatic carbocycles. The highest BCUT2D eigenvalue weighted by atomic mass is 14.7. The van der Waals surface area contributed by atoms with E-state index in [1.54, 1.807) is 0 Å². The first kappa shape index (κ1) is 29.1. The zero-order chi connectivity index (χ0) is 32.7. The van der Waals surface area contributed by atoms with Crippen LogP contribution in [0, 0.1) is 11.3 Å². The van der Waals surface area contributed by atoms with Crippen molar-refractivity contribution in [1.29, 1.82) is 5.26 Å². The van der Waals surface area contributed by atoms with Gasteiger partial charge in [-0.3, -0.25) is 0 Å². The van der Waals surface area contributed by atoms with Gasteiger partial charge < -0.3 is 0 Å². The number of benzene rings is 6. The zero-order valence-corrected chi connectivity index (χ0v) is 26.7. The lowest BCUT2D eigenvalue weighted by Gasteiger charge is -2.34. The number of para-hydroxylation sites is 1. The van der Waals surface area contributed by atoms with E-state index in [4.69, 9.17) is 11.6 Å². The van der Waals surface area contributed by atoms with Crippen LogP contribution in [0.1, 0.15) is 29.2 Å². The van der Waals surface area contributed by atoms with Gasteiger partial charge >= 0.3 is 0 Å². The summed E-state index contributed by atoms with van der Waals surface area (Å²) < 4.78 is 0. The summed E-state index contributed by atoms with van der Waals surface area (Å²) in [5.74, 6) is 0. The predicted molar refractivity (Wildman–Crippen MR) is 200 cm³/mol. The van der Waals surface area contributed by atoms with Gasteiger partial charge in [0.1, 0.15) is 0 Å². The molecule has 0 saturated heterocycles. The molecule has 0 amide bonds. The van der Waals surface area contributed by atoms with E-state index >= 15 is 0 Å². The number of allylic oxidation sites excluding steroid dienone is 5. The van der Waals surface area contributed by atoms with Crippen molar-refractivity contribution in [2.75, 3.05) is 0 Å². The Hall–Kier alpha value is -6.30. The van der Waals surface area contributed by atoms with Gasteiger partial charge in [0.2, 0.25) is 0 Å². The van der Waals surface area contributed by atoms with Crippen LogP contribution >= 0.6 is 0 Å². The maximum atomic E-state index is 9.33. The summed E-state index contributed by atoms with van der Waals surface area (Å²) in [6.45, 7) is 6.80. The third-order valence-electron chi connectivity index (χ3n) is 9.64. The normalized spacial score (nSPS) is 15.2. The molecule has 2 nitrogen and oxygen atoms in total. The summed E-state index contributed by atoms with van der Waals surface area (Å²) in [6.07, 6.45) is 8.34. The number of nitriles is 1. The van der Waals surface area contributed by atoms with Gasteiger partial charge in [-0.1, -0.05) is 134 Å². The van der Waals surface area contributed by atoms with Gasteiger partial charge in [-0.2, -0.15) is 5.26 Å². The fraction of sp³-hybridized carbons (Fsp3) is 0.0435. The summed E-state index contributed by atoms with van der Waals surface area (Å²) in [7, 11) is 0. The molecule has 0 aliphatic heterocycles. The van der Waals surface area contributed by atoms with Gasteiger partial charge in [0, 0.05) is 16.3 Å². The molecule has 0 fully saturated rings. The van der Waals surface area contributed by atoms with Crippen LogP contribution in [0.3, 0.4) is 0 Å². The molecule has 8 rings (SSSR count). The second-order valence-electron chi connectivity index (χ2n) is 12.3. The standard InChI is InChI=1S/C46H32N2/c1-3-4-6-14-31(2)46(36-17-7-5-8-18-36)42-21-11-9-19-37(42)40-28-39-38-20-10-12-22-44(38)48-45(41(39)29-43(40)46)35-16-13-15-34(27-35)33-25-23-32(30-47)24-26-33/h3-29H,2H2,1H3/b4-3-,14-6-. The molecule has 0 saturated carbocycles. The third kappa shape index (κ3) is 4.52. The number of nitrogens with zero attached hydrogens (tertiary/aromatic N) is 2. The van der Waals surface area contributed by atoms with Crippen LogP contribution in [0.2, 0.25) is 0 Å². The SMILES string of the molecule is C=C(/C=C\C=C/C)C1(c2ccccc2)c2ccccc2-c2cc3c(cc21)c(-c1cccc(-c2ccc(C#N)cc2)c1)nc1ccccc13. The Morgan fingerprint density at radius 2 is 1.40 bits per heavy atom. The molecule has 2 heteroatoms. The van der Waals surface area contributed by atoms with Crippen LogP contribution in [0.25, 0.3) is 55.2 Å². The number of hydrogen-bond acceptors (Lipinski definition) is 2. The summed E-state index contributed by atoms with van der Waals surface area (Å²) in [4.78, 5) is 5.35. The highest BCUT2D eigenvalue weighted by Gasteiger charge is 2.46. The predicted octanol–water partition coefficient (Wildman–Crippen LogP) is 11.6. The quantitative estimate of drug-likeness (QED) is 0.138. The van der Waals surface area contributed by atoms with Crippen molar-refractivity contribution >= 4 is 21.7 Å². The van der Waals surface area contributed by atoms with Crippen molar-refractivity contribution in [2.45, 2.75) is 12.3 Å². The Bertz CT molecular complexity index is 2480. The lowest BCUT2D eigenvalue weighted by molar-refractivity contribution is 0.771. The van der Waals surface area contributed by atoms with Crippen LogP contribution in [0.4, 0.5) is 0 Å². The molecular formula is C46H32N2. The maximum Gasteiger partial charge on any atom is 0.0991 e. The van der Waals surface area contributed by atoms with Gasteiger partial charge in [0.25, 0.3) is 0 Å². The fourth-order valence-electron chi connectivity index (χ4n) is 7.46. The molecule has 1 aromatic heterocycles. The van der Waals surface area contributed by atoms with E-state index in [1.807, 2.05) is 37.3 Å². The van der Waals surface area contributed by atoms with E-state index in [0.29, 0.717) is 5.56 Å². The minimum absolute atomic E-state index is 0.591. The van der Waals surface area contributed by atoms with Gasteiger partial charge in [-0.25, -0.2) is 4.98 Å². The number of pyridine rings is 1. The number of fused-ring (bicyclic) bond motifs is 6. The highest BCUT2D eigenvalue weighted by Crippen LogP contribution is 2.57. The molecule has 7 aromatic rings. The molecule has 0 N–H and O–H groups in total. The summed E-state index contributed by atoms with van der Waals surface area (Å²) in [5.41, 5.74) is 12.2. The van der Waals surface area contributed by atoms with E-state index in [9.17, 15) is 5.26 Å². The topological polar surface area (TPSA) is 36.7 Å². The first-order valence-corrected chi connectivity index (χ1v) is 16.3. The molecular weight excluding hydrogens is 581 g/mol. The van der Waals surface area contributed by atoms with E-state index < -0.39 is 5.41 Å². The van der Waals surface area contributed by atoms with Crippen LogP contribution in [-0.4, -0.2) is 4.98 Å². The van der Waals surface area contributed by atoms with Crippen LogP contribution in [0.15, 0.2) is 176 Å². The molecule has 0 spiro atoms. The summed E-state index contributed by atoms with van der Waals surface area (Å²) in [6, 6.07) is 51.3. The van der Waals surface area contributed by atoms with Crippen molar-refractivity contribution in [3.63, 3.8) is 0 Å². The molecule has 6 aromatic carbocycles. The van der Waals surface area contributed by atoms with Gasteiger partial charge in [-0.15, -0.1) is 0 Å². The molecule has 1 unspecified atom stereocenters. The number of aromatic nitrogens is 1. The molecule has 226 valence electrons. The van der Waals surface area contributed by atoms with Crippen LogP contribution in [-0.2, 0) is 5.41 Å². The molecule has 1 aliphatic rings. The average Bonchev–Trinajstić information content (AvgIpc) is 3.44. The Labute approximate surface area is 281 Å². The first-order valence-electron chi connectivity index (χ1n) is 16.3. The molecule has 0 radical (unpaired) electrons. The van der Waals surface area contributed by atoms with E-state index in [0.717, 1.165) is 44.2 Å². The smallest absolute Gasteiger partial charge is 0.0991 e. The lowest BCUT2D eigenvalue weighted by atomic mass is 9.67. The highest BCUT2D eigenvalue weighted by molar-refractivity contribution is 6.13. The minimum Gasteiger partial charge on any atom is -0.247 e. The Morgan fingerprint density at radius 1 is 0.646 bits per heavy atom. The average molecular weight is 613 g/mol. The largest absolute Gasteiger partial charge is 0.247 e. The van der Waals surface area contributed by atoms with Crippen molar-refractivity contribution in [1.82, 2.24) is 4.98 Å². The monoisotopic (exact) mass is 612 g/mol. The molecule has 1 heterocycles. The molecule has 0 bridgehead atoms. The minimum atomic E-state index is -0.591. The second-order valence-corrected chi connectivity index (χ2v) is 12.3. The van der Waals surface area contributed by atoms with Gasteiger partial charge in [0.15, 0.2) is 0 Å². The van der Waals surface area contributed by atoms with Crippen LogP contribution < -0.4 is 0 Å². The summed E-state index contributed by atoms with van der Waals surface area (Å²) >= 11 is 0. The first-order chi connectivity index (χ1) is 23.6. The molecule has 48 heavy (non-hydrogen) atoms. The lowest BCUT2D eigenvalue weighted by Crippen LogP contribution is -2.28.